The third-order valence-electron chi connectivity index (χ3n) is 2.26. The molecule has 78 valence electrons. The molecule has 0 amide bonds. The first-order valence-electron chi connectivity index (χ1n) is 4.68. The summed E-state index contributed by atoms with van der Waals surface area (Å²) in [7, 11) is 0. The van der Waals surface area contributed by atoms with Crippen LogP contribution in [0, 0.1) is 0 Å². The van der Waals surface area contributed by atoms with Crippen LogP contribution < -0.4 is 0 Å². The Labute approximate surface area is 95.9 Å². The van der Waals surface area contributed by atoms with E-state index in [0.29, 0.717) is 5.89 Å². The van der Waals surface area contributed by atoms with E-state index in [2.05, 4.69) is 15.2 Å². The predicted octanol–water partition coefficient (Wildman–Crippen LogP) is 2.94. The van der Waals surface area contributed by atoms with Crippen molar-refractivity contribution in [3.05, 3.63) is 41.9 Å². The van der Waals surface area contributed by atoms with Crippen LogP contribution in [0.25, 0.3) is 22.4 Å². The highest BCUT2D eigenvalue weighted by Crippen LogP contribution is 2.26. The molecule has 1 aromatic carbocycles. The summed E-state index contributed by atoms with van der Waals surface area (Å²) in [5.74, 6) is 0.384. The van der Waals surface area contributed by atoms with Gasteiger partial charge in [0.15, 0.2) is 0 Å². The molecule has 0 saturated carbocycles. The molecule has 0 aliphatic heterocycles. The van der Waals surface area contributed by atoms with E-state index in [0.717, 1.165) is 16.5 Å². The van der Waals surface area contributed by atoms with Crippen molar-refractivity contribution in [3.8, 4) is 11.5 Å². The van der Waals surface area contributed by atoms with Gasteiger partial charge in [-0.3, -0.25) is 4.98 Å². The molecule has 0 N–H and O–H groups in total. The lowest BCUT2D eigenvalue weighted by Crippen LogP contribution is -1.84. The third kappa shape index (κ3) is 1.44. The quantitative estimate of drug-likeness (QED) is 0.646. The zero-order valence-electron chi connectivity index (χ0n) is 8.09. The number of rotatable bonds is 1. The summed E-state index contributed by atoms with van der Waals surface area (Å²) in [5.41, 5.74) is 1.61. The van der Waals surface area contributed by atoms with E-state index < -0.39 is 0 Å². The smallest absolute Gasteiger partial charge is 0.313 e. The number of halogens is 1. The molecule has 4 nitrogen and oxygen atoms in total. The van der Waals surface area contributed by atoms with Crippen LogP contribution in [0.1, 0.15) is 0 Å². The molecule has 0 aliphatic carbocycles. The SMILES string of the molecule is Clc1nnc(-c2cccc3cccnc23)o1. The summed E-state index contributed by atoms with van der Waals surface area (Å²) in [6, 6.07) is 9.62. The molecular weight excluding hydrogens is 226 g/mol. The molecule has 0 aliphatic rings. The second-order valence-corrected chi connectivity index (χ2v) is 3.56. The average molecular weight is 232 g/mol. The fraction of sp³-hybridized carbons (Fsp3) is 0. The zero-order chi connectivity index (χ0) is 11.0. The molecule has 0 radical (unpaired) electrons. The van der Waals surface area contributed by atoms with Gasteiger partial charge in [-0.2, -0.15) is 0 Å². The number of hydrogen-bond donors (Lipinski definition) is 0. The van der Waals surface area contributed by atoms with Gasteiger partial charge in [0.1, 0.15) is 0 Å². The maximum atomic E-state index is 5.60. The van der Waals surface area contributed by atoms with E-state index in [9.17, 15) is 0 Å². The van der Waals surface area contributed by atoms with Crippen LogP contribution in [0.5, 0.6) is 0 Å². The molecular formula is C11H6ClN3O. The van der Waals surface area contributed by atoms with E-state index in [1.165, 1.54) is 0 Å². The van der Waals surface area contributed by atoms with Crippen LogP contribution in [-0.4, -0.2) is 15.2 Å². The Hall–Kier alpha value is -1.94. The van der Waals surface area contributed by atoms with Crippen LogP contribution in [-0.2, 0) is 0 Å². The van der Waals surface area contributed by atoms with Crippen molar-refractivity contribution < 1.29 is 4.42 Å². The summed E-state index contributed by atoms with van der Waals surface area (Å²) >= 11 is 5.60. The standard InChI is InChI=1S/C11H6ClN3O/c12-11-15-14-10(16-11)8-5-1-3-7-4-2-6-13-9(7)8/h1-6H. The van der Waals surface area contributed by atoms with Gasteiger partial charge in [-0.05, 0) is 23.7 Å². The van der Waals surface area contributed by atoms with Gasteiger partial charge < -0.3 is 4.42 Å². The number of benzene rings is 1. The minimum Gasteiger partial charge on any atom is -0.407 e. The number of aromatic nitrogens is 3. The van der Waals surface area contributed by atoms with Crippen molar-refractivity contribution in [3.63, 3.8) is 0 Å². The molecule has 0 atom stereocenters. The molecule has 3 aromatic rings. The fourth-order valence-corrected chi connectivity index (χ4v) is 1.70. The minimum absolute atomic E-state index is 0.0305. The van der Waals surface area contributed by atoms with Crippen LogP contribution in [0.3, 0.4) is 0 Å². The average Bonchev–Trinajstić information content (AvgIpc) is 2.75. The third-order valence-corrected chi connectivity index (χ3v) is 2.42. The summed E-state index contributed by atoms with van der Waals surface area (Å²) in [5, 5.41) is 8.52. The zero-order valence-corrected chi connectivity index (χ0v) is 8.85. The van der Waals surface area contributed by atoms with Gasteiger partial charge in [0, 0.05) is 11.6 Å². The summed E-state index contributed by atoms with van der Waals surface area (Å²) in [6.07, 6.45) is 1.73. The van der Waals surface area contributed by atoms with E-state index in [1.54, 1.807) is 6.20 Å². The lowest BCUT2D eigenvalue weighted by atomic mass is 10.1. The number of hydrogen-bond acceptors (Lipinski definition) is 4. The van der Waals surface area contributed by atoms with E-state index >= 15 is 0 Å². The van der Waals surface area contributed by atoms with Crippen LogP contribution >= 0.6 is 11.6 Å². The first kappa shape index (κ1) is 9.30. The van der Waals surface area contributed by atoms with E-state index in [1.807, 2.05) is 30.3 Å². The fourth-order valence-electron chi connectivity index (χ4n) is 1.59. The molecule has 5 heteroatoms. The largest absolute Gasteiger partial charge is 0.407 e. The maximum Gasteiger partial charge on any atom is 0.313 e. The Morgan fingerprint density at radius 3 is 2.75 bits per heavy atom. The second-order valence-electron chi connectivity index (χ2n) is 3.24. The predicted molar refractivity (Wildman–Crippen MR) is 60.0 cm³/mol. The molecule has 0 saturated heterocycles. The number of pyridine rings is 1. The second kappa shape index (κ2) is 3.57. The Morgan fingerprint density at radius 2 is 1.94 bits per heavy atom. The van der Waals surface area contributed by atoms with Gasteiger partial charge in [-0.25, -0.2) is 0 Å². The lowest BCUT2D eigenvalue weighted by Gasteiger charge is -2.00. The molecule has 0 unspecified atom stereocenters. The number of para-hydroxylation sites is 1. The lowest BCUT2D eigenvalue weighted by molar-refractivity contribution is 0.571. The molecule has 0 spiro atoms. The minimum atomic E-state index is 0.0305. The van der Waals surface area contributed by atoms with Gasteiger partial charge in [0.2, 0.25) is 0 Å². The van der Waals surface area contributed by atoms with Crippen molar-refractivity contribution in [2.75, 3.05) is 0 Å². The Bertz CT molecular complexity index is 645. The Balaban J connectivity index is 2.31. The highest BCUT2D eigenvalue weighted by atomic mass is 35.5. The molecule has 0 bridgehead atoms. The molecule has 2 aromatic heterocycles. The van der Waals surface area contributed by atoms with E-state index in [4.69, 9.17) is 16.0 Å². The van der Waals surface area contributed by atoms with Crippen molar-refractivity contribution in [2.24, 2.45) is 0 Å². The van der Waals surface area contributed by atoms with Gasteiger partial charge in [0.25, 0.3) is 5.89 Å². The van der Waals surface area contributed by atoms with Crippen molar-refractivity contribution in [2.45, 2.75) is 0 Å². The summed E-state index contributed by atoms with van der Waals surface area (Å²) in [4.78, 5) is 4.30. The summed E-state index contributed by atoms with van der Waals surface area (Å²) in [6.45, 7) is 0. The van der Waals surface area contributed by atoms with Crippen LogP contribution in [0.2, 0.25) is 5.35 Å². The molecule has 2 heterocycles. The van der Waals surface area contributed by atoms with Crippen LogP contribution in [0.4, 0.5) is 0 Å². The van der Waals surface area contributed by atoms with Gasteiger partial charge in [-0.15, -0.1) is 5.10 Å². The van der Waals surface area contributed by atoms with Crippen molar-refractivity contribution >= 4 is 22.5 Å². The Kier molecular flexibility index (Phi) is 2.08. The van der Waals surface area contributed by atoms with Gasteiger partial charge in [0.05, 0.1) is 11.1 Å². The van der Waals surface area contributed by atoms with E-state index in [-0.39, 0.29) is 5.35 Å². The monoisotopic (exact) mass is 231 g/mol. The highest BCUT2D eigenvalue weighted by Gasteiger charge is 2.10. The van der Waals surface area contributed by atoms with Gasteiger partial charge in [-0.1, -0.05) is 23.3 Å². The molecule has 0 fully saturated rings. The molecule has 16 heavy (non-hydrogen) atoms. The summed E-state index contributed by atoms with van der Waals surface area (Å²) < 4.78 is 5.18. The first-order chi connectivity index (χ1) is 7.84. The maximum absolute atomic E-state index is 5.60. The first-order valence-corrected chi connectivity index (χ1v) is 5.05. The normalized spacial score (nSPS) is 10.8. The number of nitrogens with zero attached hydrogens (tertiary/aromatic N) is 3. The van der Waals surface area contributed by atoms with Gasteiger partial charge >= 0.3 is 5.35 Å². The number of fused-ring (bicyclic) bond motifs is 1. The highest BCUT2D eigenvalue weighted by molar-refractivity contribution is 6.27. The topological polar surface area (TPSA) is 51.8 Å². The van der Waals surface area contributed by atoms with Crippen LogP contribution in [0.15, 0.2) is 40.9 Å². The van der Waals surface area contributed by atoms with Crippen molar-refractivity contribution in [1.82, 2.24) is 15.2 Å². The van der Waals surface area contributed by atoms with Crippen molar-refractivity contribution in [1.29, 1.82) is 0 Å². The molecule has 3 rings (SSSR count). The Morgan fingerprint density at radius 1 is 1.06 bits per heavy atom.